The zero-order valence-corrected chi connectivity index (χ0v) is 22.7. The van der Waals surface area contributed by atoms with Crippen LogP contribution >= 0.6 is 0 Å². The SMILES string of the molecule is O=C(CC[C@H]1C(=O)N(c2ccc(CCC(O)O)cc2)[C@@H]1c1ccc(CCC(O)(CO)CO)cc1)c1ccc(F)cc1. The maximum absolute atomic E-state index is 13.4. The molecule has 8 nitrogen and oxygen atoms in total. The summed E-state index contributed by atoms with van der Waals surface area (Å²) < 4.78 is 13.3. The predicted octanol–water partition coefficient (Wildman–Crippen LogP) is 3.08. The van der Waals surface area contributed by atoms with Crippen molar-refractivity contribution in [2.45, 2.75) is 56.5 Å². The number of hydrogen-bond donors (Lipinski definition) is 5. The van der Waals surface area contributed by atoms with Gasteiger partial charge in [-0.2, -0.15) is 0 Å². The van der Waals surface area contributed by atoms with E-state index >= 15 is 0 Å². The van der Waals surface area contributed by atoms with Gasteiger partial charge in [-0.05, 0) is 78.8 Å². The first-order valence-corrected chi connectivity index (χ1v) is 13.7. The highest BCUT2D eigenvalue weighted by Crippen LogP contribution is 2.46. The van der Waals surface area contributed by atoms with Gasteiger partial charge in [0.05, 0.1) is 25.2 Å². The van der Waals surface area contributed by atoms with Gasteiger partial charge in [-0.1, -0.05) is 36.4 Å². The van der Waals surface area contributed by atoms with Gasteiger partial charge in [-0.3, -0.25) is 9.59 Å². The Kier molecular flexibility index (Phi) is 10.0. The molecule has 5 N–H and O–H groups in total. The molecule has 1 saturated heterocycles. The number of β-lactam (4-membered cyclic amide) rings is 1. The van der Waals surface area contributed by atoms with Gasteiger partial charge in [0.25, 0.3) is 0 Å². The average molecular weight is 566 g/mol. The van der Waals surface area contributed by atoms with E-state index in [-0.39, 0.29) is 37.0 Å². The number of amides is 1. The minimum Gasteiger partial charge on any atom is -0.393 e. The van der Waals surface area contributed by atoms with Crippen molar-refractivity contribution < 1.29 is 39.5 Å². The molecule has 1 aliphatic heterocycles. The summed E-state index contributed by atoms with van der Waals surface area (Å²) in [5.74, 6) is -1.14. The number of rotatable bonds is 14. The molecule has 1 fully saturated rings. The molecule has 4 rings (SSSR count). The highest BCUT2D eigenvalue weighted by molar-refractivity contribution is 6.04. The van der Waals surface area contributed by atoms with Crippen LogP contribution in [-0.2, 0) is 17.6 Å². The Labute approximate surface area is 238 Å². The quantitative estimate of drug-likeness (QED) is 0.115. The highest BCUT2D eigenvalue weighted by atomic mass is 19.1. The largest absolute Gasteiger partial charge is 0.393 e. The molecule has 0 unspecified atom stereocenters. The van der Waals surface area contributed by atoms with Crippen LogP contribution in [0.25, 0.3) is 0 Å². The van der Waals surface area contributed by atoms with Crippen LogP contribution in [-0.4, -0.2) is 62.3 Å². The van der Waals surface area contributed by atoms with Crippen LogP contribution in [0, 0.1) is 11.7 Å². The Hall–Kier alpha value is -3.47. The van der Waals surface area contributed by atoms with Gasteiger partial charge in [-0.25, -0.2) is 4.39 Å². The minimum absolute atomic E-state index is 0.111. The smallest absolute Gasteiger partial charge is 0.233 e. The fourth-order valence-corrected chi connectivity index (χ4v) is 5.15. The van der Waals surface area contributed by atoms with Crippen LogP contribution in [0.4, 0.5) is 10.1 Å². The molecule has 9 heteroatoms. The van der Waals surface area contributed by atoms with E-state index in [1.54, 1.807) is 4.90 Å². The number of aryl methyl sites for hydroxylation is 2. The lowest BCUT2D eigenvalue weighted by Gasteiger charge is -2.47. The molecule has 1 aliphatic rings. The van der Waals surface area contributed by atoms with Crippen molar-refractivity contribution >= 4 is 17.4 Å². The Morgan fingerprint density at radius 3 is 2.05 bits per heavy atom. The normalized spacial score (nSPS) is 17.1. The zero-order chi connectivity index (χ0) is 29.6. The lowest BCUT2D eigenvalue weighted by Crippen LogP contribution is -2.55. The van der Waals surface area contributed by atoms with Crippen LogP contribution in [0.2, 0.25) is 0 Å². The number of halogens is 1. The molecular weight excluding hydrogens is 529 g/mol. The number of anilines is 1. The Morgan fingerprint density at radius 1 is 0.878 bits per heavy atom. The molecule has 3 aromatic rings. The summed E-state index contributed by atoms with van der Waals surface area (Å²) in [6, 6.07) is 19.9. The maximum atomic E-state index is 13.4. The predicted molar refractivity (Wildman–Crippen MR) is 151 cm³/mol. The molecule has 1 heterocycles. The number of hydrogen-bond acceptors (Lipinski definition) is 7. The molecule has 3 aromatic carbocycles. The molecule has 0 aromatic heterocycles. The average Bonchev–Trinajstić information content (AvgIpc) is 2.98. The summed E-state index contributed by atoms with van der Waals surface area (Å²) >= 11 is 0. The Morgan fingerprint density at radius 2 is 1.46 bits per heavy atom. The van der Waals surface area contributed by atoms with Crippen LogP contribution in [0.3, 0.4) is 0 Å². The van der Waals surface area contributed by atoms with Gasteiger partial charge in [0.15, 0.2) is 12.1 Å². The number of Topliss-reactive ketones (excluding diaryl/α,β-unsaturated/α-hetero) is 1. The first kappa shape index (κ1) is 30.5. The third-order valence-corrected chi connectivity index (χ3v) is 7.76. The number of nitrogens with zero attached hydrogens (tertiary/aromatic N) is 1. The summed E-state index contributed by atoms with van der Waals surface area (Å²) in [7, 11) is 0. The van der Waals surface area contributed by atoms with Crippen molar-refractivity contribution in [3.05, 3.63) is 101 Å². The monoisotopic (exact) mass is 565 g/mol. The molecule has 0 bridgehead atoms. The van der Waals surface area contributed by atoms with Gasteiger partial charge in [0, 0.05) is 24.1 Å². The molecule has 41 heavy (non-hydrogen) atoms. The van der Waals surface area contributed by atoms with Gasteiger partial charge < -0.3 is 30.4 Å². The fourth-order valence-electron chi connectivity index (χ4n) is 5.15. The van der Waals surface area contributed by atoms with Gasteiger partial charge in [0.2, 0.25) is 5.91 Å². The van der Waals surface area contributed by atoms with E-state index < -0.39 is 36.8 Å². The fraction of sp³-hybridized carbons (Fsp3) is 0.375. The van der Waals surface area contributed by atoms with Crippen molar-refractivity contribution in [3.8, 4) is 0 Å². The molecule has 2 atom stereocenters. The summed E-state index contributed by atoms with van der Waals surface area (Å²) in [6.45, 7) is -1.09. The first-order chi connectivity index (χ1) is 19.6. The van der Waals surface area contributed by atoms with Gasteiger partial charge in [-0.15, -0.1) is 0 Å². The van der Waals surface area contributed by atoms with Gasteiger partial charge in [0.1, 0.15) is 11.4 Å². The minimum atomic E-state index is -1.56. The van der Waals surface area contributed by atoms with Crippen LogP contribution in [0.15, 0.2) is 72.8 Å². The van der Waals surface area contributed by atoms with Crippen LogP contribution in [0.1, 0.15) is 58.8 Å². The third kappa shape index (κ3) is 7.44. The van der Waals surface area contributed by atoms with E-state index in [9.17, 15) is 29.3 Å². The first-order valence-electron chi connectivity index (χ1n) is 13.7. The van der Waals surface area contributed by atoms with E-state index in [2.05, 4.69) is 0 Å². The summed E-state index contributed by atoms with van der Waals surface area (Å²) in [5.41, 5.74) is 2.20. The second kappa shape index (κ2) is 13.5. The number of benzene rings is 3. The van der Waals surface area contributed by atoms with Crippen molar-refractivity contribution in [1.29, 1.82) is 0 Å². The summed E-state index contributed by atoms with van der Waals surface area (Å²) in [4.78, 5) is 27.9. The topological polar surface area (TPSA) is 139 Å². The highest BCUT2D eigenvalue weighted by Gasteiger charge is 2.48. The lowest BCUT2D eigenvalue weighted by molar-refractivity contribution is -0.130. The lowest BCUT2D eigenvalue weighted by atomic mass is 9.78. The number of carbonyl (C=O) groups excluding carboxylic acids is 2. The summed E-state index contributed by atoms with van der Waals surface area (Å²) in [5, 5.41) is 47.2. The van der Waals surface area contributed by atoms with Crippen molar-refractivity contribution in [2.75, 3.05) is 18.1 Å². The van der Waals surface area contributed by atoms with E-state index in [1.807, 2.05) is 48.5 Å². The number of ketones is 1. The molecule has 0 radical (unpaired) electrons. The van der Waals surface area contributed by atoms with E-state index in [0.29, 0.717) is 30.5 Å². The van der Waals surface area contributed by atoms with E-state index in [4.69, 9.17) is 10.2 Å². The Balaban J connectivity index is 1.52. The molecular formula is C32H36FNO7. The molecule has 0 saturated carbocycles. The number of aliphatic hydroxyl groups excluding tert-OH is 3. The number of carbonyl (C=O) groups is 2. The zero-order valence-electron chi connectivity index (χ0n) is 22.7. The second-order valence-corrected chi connectivity index (χ2v) is 10.7. The Bertz CT molecular complexity index is 1310. The van der Waals surface area contributed by atoms with Gasteiger partial charge >= 0.3 is 0 Å². The summed E-state index contributed by atoms with van der Waals surface area (Å²) in [6.07, 6.45) is 0.366. The number of aliphatic hydroxyl groups is 5. The van der Waals surface area contributed by atoms with Crippen LogP contribution in [0.5, 0.6) is 0 Å². The molecule has 1 amide bonds. The molecule has 0 aliphatic carbocycles. The van der Waals surface area contributed by atoms with E-state index in [1.165, 1.54) is 24.3 Å². The van der Waals surface area contributed by atoms with E-state index in [0.717, 1.165) is 16.7 Å². The second-order valence-electron chi connectivity index (χ2n) is 10.7. The standard InChI is InChI=1S/C32H36FNO7/c33-25-10-8-23(9-11-25)28(37)15-14-27-30(24-6-1-22(2-7-24)17-18-32(41,19-35)20-36)34(31(27)40)26-12-3-21(4-13-26)5-16-29(38)39/h1-4,6-13,27,29-30,35-36,38-39,41H,5,14-20H2/t27-,30-/m1/s1. The van der Waals surface area contributed by atoms with Crippen LogP contribution < -0.4 is 4.90 Å². The van der Waals surface area contributed by atoms with Crippen molar-refractivity contribution in [1.82, 2.24) is 0 Å². The van der Waals surface area contributed by atoms with Crippen molar-refractivity contribution in [3.63, 3.8) is 0 Å². The molecule has 218 valence electrons. The van der Waals surface area contributed by atoms with Crippen molar-refractivity contribution in [2.24, 2.45) is 5.92 Å². The third-order valence-electron chi connectivity index (χ3n) is 7.76. The molecule has 0 spiro atoms. The maximum Gasteiger partial charge on any atom is 0.233 e.